The third kappa shape index (κ3) is 3.80. The number of benzene rings is 1. The van der Waals surface area contributed by atoms with Crippen molar-refractivity contribution in [3.05, 3.63) is 58.3 Å². The topological polar surface area (TPSA) is 69.5 Å². The first kappa shape index (κ1) is 17.5. The normalized spacial score (nSPS) is 15.6. The van der Waals surface area contributed by atoms with E-state index in [1.54, 1.807) is 21.8 Å². The Kier molecular flexibility index (Phi) is 4.81. The second kappa shape index (κ2) is 7.40. The molecule has 0 saturated carbocycles. The van der Waals surface area contributed by atoms with E-state index in [0.29, 0.717) is 31.1 Å². The van der Waals surface area contributed by atoms with Gasteiger partial charge in [0, 0.05) is 24.3 Å². The van der Waals surface area contributed by atoms with Crippen LogP contribution in [-0.2, 0) is 13.6 Å². The fourth-order valence-electron chi connectivity index (χ4n) is 2.94. The van der Waals surface area contributed by atoms with Crippen LogP contribution in [0.2, 0.25) is 0 Å². The Morgan fingerprint density at radius 2 is 2.19 bits per heavy atom. The lowest BCUT2D eigenvalue weighted by molar-refractivity contribution is 0.0440. The molecule has 27 heavy (non-hydrogen) atoms. The third-order valence-electron chi connectivity index (χ3n) is 4.42. The Hall–Kier alpha value is -2.87. The molecule has 3 aromatic rings. The van der Waals surface area contributed by atoms with Gasteiger partial charge in [-0.15, -0.1) is 11.3 Å². The van der Waals surface area contributed by atoms with E-state index in [9.17, 15) is 4.79 Å². The number of rotatable bonds is 5. The summed E-state index contributed by atoms with van der Waals surface area (Å²) in [5, 5.41) is 7.10. The van der Waals surface area contributed by atoms with Gasteiger partial charge in [0.05, 0.1) is 13.1 Å². The number of ether oxygens (including phenoxy) is 2. The van der Waals surface area contributed by atoms with Gasteiger partial charge in [-0.1, -0.05) is 12.1 Å². The predicted octanol–water partition coefficient (Wildman–Crippen LogP) is 2.67. The van der Waals surface area contributed by atoms with Crippen LogP contribution in [0.3, 0.4) is 0 Å². The third-order valence-corrected chi connectivity index (χ3v) is 5.19. The Morgan fingerprint density at radius 3 is 2.89 bits per heavy atom. The molecule has 0 aliphatic carbocycles. The number of thiazole rings is 1. The summed E-state index contributed by atoms with van der Waals surface area (Å²) in [4.78, 5) is 19.1. The quantitative estimate of drug-likeness (QED) is 0.676. The van der Waals surface area contributed by atoms with Crippen molar-refractivity contribution in [2.75, 3.05) is 13.2 Å². The summed E-state index contributed by atoms with van der Waals surface area (Å²) in [6, 6.07) is 9.35. The number of nitrogens with zero attached hydrogens (tertiary/aromatic N) is 4. The average Bonchev–Trinajstić information content (AvgIpc) is 3.30. The number of aryl methyl sites for hydroxylation is 2. The Bertz CT molecular complexity index is 919. The van der Waals surface area contributed by atoms with E-state index < -0.39 is 0 Å². The van der Waals surface area contributed by atoms with Crippen molar-refractivity contribution < 1.29 is 14.3 Å². The molecule has 1 aliphatic heterocycles. The summed E-state index contributed by atoms with van der Waals surface area (Å²) < 4.78 is 13.5. The number of aromatic nitrogens is 3. The number of hydrogen-bond donors (Lipinski definition) is 0. The van der Waals surface area contributed by atoms with Crippen molar-refractivity contribution in [3.63, 3.8) is 0 Å². The van der Waals surface area contributed by atoms with Gasteiger partial charge in [-0.25, -0.2) is 4.98 Å². The van der Waals surface area contributed by atoms with E-state index in [-0.39, 0.29) is 12.0 Å². The first-order valence-electron chi connectivity index (χ1n) is 8.67. The molecule has 0 N–H and O–H groups in total. The molecule has 2 aromatic heterocycles. The van der Waals surface area contributed by atoms with Crippen LogP contribution in [0.4, 0.5) is 0 Å². The van der Waals surface area contributed by atoms with Crippen molar-refractivity contribution in [1.29, 1.82) is 0 Å². The van der Waals surface area contributed by atoms with Gasteiger partial charge in [0.2, 0.25) is 0 Å². The minimum atomic E-state index is -0.256. The van der Waals surface area contributed by atoms with Crippen LogP contribution in [0.15, 0.2) is 41.9 Å². The zero-order chi connectivity index (χ0) is 18.8. The minimum absolute atomic E-state index is 0.142. The molecule has 0 radical (unpaired) electrons. The van der Waals surface area contributed by atoms with Gasteiger partial charge in [0.25, 0.3) is 5.91 Å². The number of carbonyl (C=O) groups is 1. The molecule has 1 aromatic carbocycles. The highest BCUT2D eigenvalue weighted by molar-refractivity contribution is 7.09. The molecule has 3 heterocycles. The first-order valence-corrected chi connectivity index (χ1v) is 9.55. The largest absolute Gasteiger partial charge is 0.486 e. The SMILES string of the molecule is Cc1cc(C(=O)N(Cc2nccs2)C[C@@H]2COc3ccccc3O2)nn1C. The summed E-state index contributed by atoms with van der Waals surface area (Å²) in [6.07, 6.45) is 1.48. The fourth-order valence-corrected chi connectivity index (χ4v) is 3.57. The number of hydrogen-bond acceptors (Lipinski definition) is 6. The standard InChI is InChI=1S/C19H20N4O3S/c1-13-9-15(21-22(13)2)19(24)23(11-18-20-7-8-27-18)10-14-12-25-16-5-3-4-6-17(16)26-14/h3-9,14H,10-12H2,1-2H3/t14-/m1/s1. The monoisotopic (exact) mass is 384 g/mol. The van der Waals surface area contributed by atoms with Crippen LogP contribution in [0.25, 0.3) is 0 Å². The molecule has 0 saturated heterocycles. The fraction of sp³-hybridized carbons (Fsp3) is 0.316. The van der Waals surface area contributed by atoms with Crippen LogP contribution in [0.5, 0.6) is 11.5 Å². The van der Waals surface area contributed by atoms with Crippen molar-refractivity contribution in [2.45, 2.75) is 19.6 Å². The van der Waals surface area contributed by atoms with Gasteiger partial charge < -0.3 is 14.4 Å². The Morgan fingerprint density at radius 1 is 1.37 bits per heavy atom. The molecule has 0 fully saturated rings. The lowest BCUT2D eigenvalue weighted by atomic mass is 10.2. The zero-order valence-corrected chi connectivity index (χ0v) is 16.0. The van der Waals surface area contributed by atoms with Gasteiger partial charge in [-0.2, -0.15) is 5.10 Å². The maximum Gasteiger partial charge on any atom is 0.274 e. The van der Waals surface area contributed by atoms with E-state index >= 15 is 0 Å². The summed E-state index contributed by atoms with van der Waals surface area (Å²) in [5.74, 6) is 1.28. The lowest BCUT2D eigenvalue weighted by Crippen LogP contribution is -2.43. The maximum atomic E-state index is 13.1. The summed E-state index contributed by atoms with van der Waals surface area (Å²) >= 11 is 1.52. The van der Waals surface area contributed by atoms with Gasteiger partial charge in [0.1, 0.15) is 11.6 Å². The molecule has 8 heteroatoms. The zero-order valence-electron chi connectivity index (χ0n) is 15.2. The van der Waals surface area contributed by atoms with Crippen LogP contribution in [0.1, 0.15) is 21.2 Å². The van der Waals surface area contributed by atoms with Gasteiger partial charge in [0.15, 0.2) is 23.3 Å². The maximum absolute atomic E-state index is 13.1. The van der Waals surface area contributed by atoms with Crippen molar-refractivity contribution in [3.8, 4) is 11.5 Å². The number of para-hydroxylation sites is 2. The molecule has 7 nitrogen and oxygen atoms in total. The number of amides is 1. The molecule has 1 atom stereocenters. The van der Waals surface area contributed by atoms with Crippen LogP contribution < -0.4 is 9.47 Å². The second-order valence-electron chi connectivity index (χ2n) is 6.40. The second-order valence-corrected chi connectivity index (χ2v) is 7.38. The highest BCUT2D eigenvalue weighted by Crippen LogP contribution is 2.31. The average molecular weight is 384 g/mol. The first-order chi connectivity index (χ1) is 13.1. The van der Waals surface area contributed by atoms with E-state index in [1.165, 1.54) is 11.3 Å². The Balaban J connectivity index is 1.54. The van der Waals surface area contributed by atoms with E-state index in [1.807, 2.05) is 43.6 Å². The molecule has 4 rings (SSSR count). The van der Waals surface area contributed by atoms with Gasteiger partial charge in [-0.3, -0.25) is 9.48 Å². The highest BCUT2D eigenvalue weighted by atomic mass is 32.1. The molecular weight excluding hydrogens is 364 g/mol. The molecule has 1 aliphatic rings. The summed E-state index contributed by atoms with van der Waals surface area (Å²) in [6.45, 7) is 3.11. The van der Waals surface area contributed by atoms with Crippen molar-refractivity contribution >= 4 is 17.2 Å². The Labute approximate surface area is 161 Å². The molecular formula is C19H20N4O3S. The van der Waals surface area contributed by atoms with Crippen LogP contribution >= 0.6 is 11.3 Å². The lowest BCUT2D eigenvalue weighted by Gasteiger charge is -2.30. The number of carbonyl (C=O) groups excluding carboxylic acids is 1. The summed E-state index contributed by atoms with van der Waals surface area (Å²) in [7, 11) is 1.83. The minimum Gasteiger partial charge on any atom is -0.486 e. The molecule has 1 amide bonds. The molecule has 140 valence electrons. The van der Waals surface area contributed by atoms with Crippen molar-refractivity contribution in [2.24, 2.45) is 7.05 Å². The van der Waals surface area contributed by atoms with Gasteiger partial charge in [-0.05, 0) is 25.1 Å². The summed E-state index contributed by atoms with van der Waals surface area (Å²) in [5.41, 5.74) is 1.35. The van der Waals surface area contributed by atoms with Crippen molar-refractivity contribution in [1.82, 2.24) is 19.7 Å². The van der Waals surface area contributed by atoms with Gasteiger partial charge >= 0.3 is 0 Å². The van der Waals surface area contributed by atoms with E-state index in [0.717, 1.165) is 16.5 Å². The highest BCUT2D eigenvalue weighted by Gasteiger charge is 2.28. The van der Waals surface area contributed by atoms with Crippen LogP contribution in [0, 0.1) is 6.92 Å². The van der Waals surface area contributed by atoms with E-state index in [4.69, 9.17) is 9.47 Å². The number of fused-ring (bicyclic) bond motifs is 1. The molecule has 0 unspecified atom stereocenters. The molecule has 0 spiro atoms. The van der Waals surface area contributed by atoms with E-state index in [2.05, 4.69) is 10.1 Å². The molecule has 0 bridgehead atoms. The smallest absolute Gasteiger partial charge is 0.274 e. The van der Waals surface area contributed by atoms with Crippen LogP contribution in [-0.4, -0.2) is 44.8 Å². The predicted molar refractivity (Wildman–Crippen MR) is 101 cm³/mol.